The number of amides is 1. The first-order valence-corrected chi connectivity index (χ1v) is 6.33. The first-order valence-electron chi connectivity index (χ1n) is 6.33. The number of nitrogens with two attached hydrogens (primary N) is 1. The Bertz CT molecular complexity index is 365. The second kappa shape index (κ2) is 7.13. The molecule has 0 aliphatic carbocycles. The van der Waals surface area contributed by atoms with Crippen LogP contribution in [0.25, 0.3) is 0 Å². The van der Waals surface area contributed by atoms with Crippen LogP contribution in [0.4, 0.5) is 0 Å². The van der Waals surface area contributed by atoms with E-state index in [1.165, 1.54) is 0 Å². The molecule has 0 fully saturated rings. The zero-order chi connectivity index (χ0) is 13.5. The van der Waals surface area contributed by atoms with Crippen molar-refractivity contribution >= 4 is 5.91 Å². The fourth-order valence-corrected chi connectivity index (χ4v) is 2.19. The van der Waals surface area contributed by atoms with Gasteiger partial charge < -0.3 is 11.1 Å². The predicted octanol–water partition coefficient (Wildman–Crippen LogP) is 1.14. The highest BCUT2D eigenvalue weighted by atomic mass is 16.2. The van der Waals surface area contributed by atoms with Crippen LogP contribution in [0.15, 0.2) is 30.3 Å². The van der Waals surface area contributed by atoms with E-state index in [2.05, 4.69) is 5.32 Å². The van der Waals surface area contributed by atoms with Crippen molar-refractivity contribution in [3.8, 4) is 0 Å². The van der Waals surface area contributed by atoms with E-state index in [0.717, 1.165) is 5.56 Å². The van der Waals surface area contributed by atoms with E-state index in [0.29, 0.717) is 13.1 Å². The minimum absolute atomic E-state index is 0.0292. The SMILES string of the molecule is CCNC(=O)CN(C)C(c1ccccc1)C(C)N. The lowest BCUT2D eigenvalue weighted by molar-refractivity contribution is -0.122. The Morgan fingerprint density at radius 3 is 2.50 bits per heavy atom. The number of benzene rings is 1. The highest BCUT2D eigenvalue weighted by molar-refractivity contribution is 5.77. The van der Waals surface area contributed by atoms with Crippen molar-refractivity contribution in [2.24, 2.45) is 5.73 Å². The summed E-state index contributed by atoms with van der Waals surface area (Å²) in [6.07, 6.45) is 0. The zero-order valence-electron chi connectivity index (χ0n) is 11.4. The second-order valence-corrected chi connectivity index (χ2v) is 4.58. The van der Waals surface area contributed by atoms with Gasteiger partial charge in [-0.25, -0.2) is 0 Å². The first-order chi connectivity index (χ1) is 8.56. The molecule has 0 heterocycles. The van der Waals surface area contributed by atoms with E-state index in [1.807, 2.05) is 56.1 Å². The lowest BCUT2D eigenvalue weighted by Gasteiger charge is -2.31. The molecule has 1 aromatic carbocycles. The second-order valence-electron chi connectivity index (χ2n) is 4.58. The van der Waals surface area contributed by atoms with Gasteiger partial charge >= 0.3 is 0 Å². The largest absolute Gasteiger partial charge is 0.355 e. The summed E-state index contributed by atoms with van der Waals surface area (Å²) in [5.41, 5.74) is 7.18. The van der Waals surface area contributed by atoms with Crippen LogP contribution < -0.4 is 11.1 Å². The lowest BCUT2D eigenvalue weighted by atomic mass is 10.00. The number of hydrogen-bond acceptors (Lipinski definition) is 3. The van der Waals surface area contributed by atoms with Crippen LogP contribution in [0, 0.1) is 0 Å². The summed E-state index contributed by atoms with van der Waals surface area (Å²) in [6.45, 7) is 4.89. The smallest absolute Gasteiger partial charge is 0.234 e. The summed E-state index contributed by atoms with van der Waals surface area (Å²) in [5.74, 6) is 0.0292. The number of nitrogens with one attached hydrogen (secondary N) is 1. The van der Waals surface area contributed by atoms with Gasteiger partial charge in [0.1, 0.15) is 0 Å². The van der Waals surface area contributed by atoms with Crippen LogP contribution in [-0.4, -0.2) is 37.0 Å². The Kier molecular flexibility index (Phi) is 5.82. The third-order valence-corrected chi connectivity index (χ3v) is 2.88. The fraction of sp³-hybridized carbons (Fsp3) is 0.500. The minimum Gasteiger partial charge on any atom is -0.355 e. The highest BCUT2D eigenvalue weighted by Crippen LogP contribution is 2.21. The molecule has 0 radical (unpaired) electrons. The van der Waals surface area contributed by atoms with Crippen molar-refractivity contribution in [3.63, 3.8) is 0 Å². The molecular weight excluding hydrogens is 226 g/mol. The van der Waals surface area contributed by atoms with Crippen molar-refractivity contribution < 1.29 is 4.79 Å². The van der Waals surface area contributed by atoms with Gasteiger partial charge in [0.2, 0.25) is 5.91 Å². The maximum atomic E-state index is 11.6. The standard InChI is InChI=1S/C14H23N3O/c1-4-16-13(18)10-17(3)14(11(2)15)12-8-6-5-7-9-12/h5-9,11,14H,4,10,15H2,1-3H3,(H,16,18). The van der Waals surface area contributed by atoms with E-state index in [-0.39, 0.29) is 18.0 Å². The maximum absolute atomic E-state index is 11.6. The molecule has 0 bridgehead atoms. The molecule has 2 unspecified atom stereocenters. The van der Waals surface area contributed by atoms with Crippen LogP contribution in [0.3, 0.4) is 0 Å². The molecule has 2 atom stereocenters. The summed E-state index contributed by atoms with van der Waals surface area (Å²) in [7, 11) is 1.93. The Balaban J connectivity index is 2.77. The van der Waals surface area contributed by atoms with Crippen molar-refractivity contribution in [2.45, 2.75) is 25.9 Å². The molecular formula is C14H23N3O. The minimum atomic E-state index is -0.0353. The maximum Gasteiger partial charge on any atom is 0.234 e. The number of rotatable bonds is 6. The van der Waals surface area contributed by atoms with Gasteiger partial charge in [0.15, 0.2) is 0 Å². The highest BCUT2D eigenvalue weighted by Gasteiger charge is 2.22. The lowest BCUT2D eigenvalue weighted by Crippen LogP contribution is -2.42. The molecule has 0 saturated heterocycles. The Labute approximate surface area is 109 Å². The van der Waals surface area contributed by atoms with E-state index >= 15 is 0 Å². The Morgan fingerprint density at radius 2 is 2.00 bits per heavy atom. The van der Waals surface area contributed by atoms with Crippen molar-refractivity contribution in [2.75, 3.05) is 20.1 Å². The van der Waals surface area contributed by atoms with Crippen LogP contribution in [0.2, 0.25) is 0 Å². The quantitative estimate of drug-likeness (QED) is 0.795. The fourth-order valence-electron chi connectivity index (χ4n) is 2.19. The van der Waals surface area contributed by atoms with E-state index < -0.39 is 0 Å². The molecule has 4 heteroatoms. The third-order valence-electron chi connectivity index (χ3n) is 2.88. The number of hydrogen-bond donors (Lipinski definition) is 2. The summed E-state index contributed by atoms with van der Waals surface area (Å²) >= 11 is 0. The zero-order valence-corrected chi connectivity index (χ0v) is 11.4. The molecule has 0 aliphatic heterocycles. The van der Waals surface area contributed by atoms with Crippen LogP contribution >= 0.6 is 0 Å². The van der Waals surface area contributed by atoms with E-state index in [9.17, 15) is 4.79 Å². The van der Waals surface area contributed by atoms with Gasteiger partial charge in [-0.05, 0) is 26.5 Å². The normalized spacial score (nSPS) is 14.3. The predicted molar refractivity (Wildman–Crippen MR) is 74.1 cm³/mol. The molecule has 0 aliphatic rings. The van der Waals surface area contributed by atoms with Gasteiger partial charge in [-0.2, -0.15) is 0 Å². The molecule has 18 heavy (non-hydrogen) atoms. The summed E-state index contributed by atoms with van der Waals surface area (Å²) in [4.78, 5) is 13.6. The molecule has 1 rings (SSSR count). The van der Waals surface area contributed by atoms with Gasteiger partial charge in [-0.15, -0.1) is 0 Å². The average molecular weight is 249 g/mol. The molecule has 0 saturated carbocycles. The van der Waals surface area contributed by atoms with Crippen molar-refractivity contribution in [1.29, 1.82) is 0 Å². The van der Waals surface area contributed by atoms with Gasteiger partial charge in [0.25, 0.3) is 0 Å². The molecule has 100 valence electrons. The molecule has 1 aromatic rings. The average Bonchev–Trinajstić information content (AvgIpc) is 2.30. The Morgan fingerprint density at radius 1 is 1.39 bits per heavy atom. The van der Waals surface area contributed by atoms with Gasteiger partial charge in [-0.3, -0.25) is 9.69 Å². The third kappa shape index (κ3) is 4.13. The summed E-state index contributed by atoms with van der Waals surface area (Å²) < 4.78 is 0. The number of nitrogens with zero attached hydrogens (tertiary/aromatic N) is 1. The van der Waals surface area contributed by atoms with Crippen LogP contribution in [-0.2, 0) is 4.79 Å². The van der Waals surface area contributed by atoms with Gasteiger partial charge in [0, 0.05) is 18.6 Å². The molecule has 0 aromatic heterocycles. The molecule has 3 N–H and O–H groups in total. The van der Waals surface area contributed by atoms with Gasteiger partial charge in [0.05, 0.1) is 6.54 Å². The Hall–Kier alpha value is -1.39. The van der Waals surface area contributed by atoms with Crippen LogP contribution in [0.5, 0.6) is 0 Å². The molecule has 1 amide bonds. The van der Waals surface area contributed by atoms with E-state index in [4.69, 9.17) is 5.73 Å². The number of likely N-dealkylation sites (N-methyl/N-ethyl adjacent to an activating group) is 2. The molecule has 0 spiro atoms. The van der Waals surface area contributed by atoms with Crippen molar-refractivity contribution in [3.05, 3.63) is 35.9 Å². The topological polar surface area (TPSA) is 58.4 Å². The van der Waals surface area contributed by atoms with Crippen molar-refractivity contribution in [1.82, 2.24) is 10.2 Å². The summed E-state index contributed by atoms with van der Waals surface area (Å²) in [6, 6.07) is 10.1. The molecule has 4 nitrogen and oxygen atoms in total. The summed E-state index contributed by atoms with van der Waals surface area (Å²) in [5, 5.41) is 2.80. The van der Waals surface area contributed by atoms with E-state index in [1.54, 1.807) is 0 Å². The van der Waals surface area contributed by atoms with Crippen LogP contribution in [0.1, 0.15) is 25.5 Å². The number of carbonyl (C=O) groups excluding carboxylic acids is 1. The van der Waals surface area contributed by atoms with Gasteiger partial charge in [-0.1, -0.05) is 30.3 Å². The first kappa shape index (κ1) is 14.7. The number of carbonyl (C=O) groups is 1. The monoisotopic (exact) mass is 249 g/mol.